The first kappa shape index (κ1) is 10.5. The number of aryl methyl sites for hydroxylation is 1. The van der Waals surface area contributed by atoms with Crippen molar-refractivity contribution in [2.24, 2.45) is 7.05 Å². The van der Waals surface area contributed by atoms with E-state index in [4.69, 9.17) is 0 Å². The van der Waals surface area contributed by atoms with Crippen molar-refractivity contribution >= 4 is 0 Å². The van der Waals surface area contributed by atoms with E-state index in [1.165, 1.54) is 16.7 Å². The van der Waals surface area contributed by atoms with Crippen LogP contribution in [0.1, 0.15) is 22.7 Å². The number of nitrogens with one attached hydrogen (secondary N) is 1. The van der Waals surface area contributed by atoms with Crippen molar-refractivity contribution in [3.63, 3.8) is 0 Å². The average Bonchev–Trinajstić information content (AvgIpc) is 2.75. The molecule has 0 fully saturated rings. The van der Waals surface area contributed by atoms with Gasteiger partial charge in [0.2, 0.25) is 0 Å². The molecule has 1 aromatic carbocycles. The summed E-state index contributed by atoms with van der Waals surface area (Å²) in [5, 5.41) is 7.82. The lowest BCUT2D eigenvalue weighted by Gasteiger charge is -2.26. The summed E-state index contributed by atoms with van der Waals surface area (Å²) in [7, 11) is 1.96. The predicted octanol–water partition coefficient (Wildman–Crippen LogP) is 1.85. The molecule has 0 amide bonds. The molecule has 1 aliphatic rings. The van der Waals surface area contributed by atoms with Gasteiger partial charge in [0.25, 0.3) is 0 Å². The van der Waals surface area contributed by atoms with Crippen LogP contribution in [0.5, 0.6) is 0 Å². The normalized spacial score (nSPS) is 19.0. The predicted molar refractivity (Wildman–Crippen MR) is 67.8 cm³/mol. The van der Waals surface area contributed by atoms with Gasteiger partial charge < -0.3 is 5.32 Å². The lowest BCUT2D eigenvalue weighted by atomic mass is 9.91. The molecule has 2 aromatic rings. The summed E-state index contributed by atoms with van der Waals surface area (Å²) in [6.45, 7) is 1.07. The fourth-order valence-electron chi connectivity index (χ4n) is 2.59. The van der Waals surface area contributed by atoms with E-state index in [-0.39, 0.29) is 0 Å². The van der Waals surface area contributed by atoms with E-state index in [0.29, 0.717) is 6.04 Å². The molecule has 0 radical (unpaired) electrons. The number of hydrogen-bond donors (Lipinski definition) is 1. The van der Waals surface area contributed by atoms with Crippen LogP contribution in [0, 0.1) is 0 Å². The maximum atomic E-state index is 4.23. The van der Waals surface area contributed by atoms with Crippen molar-refractivity contribution in [2.45, 2.75) is 18.9 Å². The average molecular weight is 227 g/mol. The van der Waals surface area contributed by atoms with Crippen molar-refractivity contribution in [3.05, 3.63) is 53.3 Å². The molecule has 0 bridgehead atoms. The monoisotopic (exact) mass is 227 g/mol. The molecule has 2 heterocycles. The molecule has 3 nitrogen and oxygen atoms in total. The smallest absolute Gasteiger partial charge is 0.0522 e. The topological polar surface area (TPSA) is 29.9 Å². The molecule has 17 heavy (non-hydrogen) atoms. The van der Waals surface area contributed by atoms with Gasteiger partial charge in [-0.25, -0.2) is 0 Å². The maximum Gasteiger partial charge on any atom is 0.0522 e. The third-order valence-corrected chi connectivity index (χ3v) is 3.41. The second kappa shape index (κ2) is 4.34. The zero-order valence-electron chi connectivity index (χ0n) is 10.1. The maximum absolute atomic E-state index is 4.23. The standard InChI is InChI=1S/C14H17N3/c1-17-10-11(9-16-17)8-14-13-5-3-2-4-12(13)6-7-15-14/h2-5,9-10,14-15H,6-8H2,1H3. The van der Waals surface area contributed by atoms with Crippen molar-refractivity contribution in [1.82, 2.24) is 15.1 Å². The van der Waals surface area contributed by atoms with Crippen LogP contribution in [0.2, 0.25) is 0 Å². The lowest BCUT2D eigenvalue weighted by Crippen LogP contribution is -2.31. The van der Waals surface area contributed by atoms with Crippen LogP contribution in [0.4, 0.5) is 0 Å². The Morgan fingerprint density at radius 1 is 1.41 bits per heavy atom. The quantitative estimate of drug-likeness (QED) is 0.848. The van der Waals surface area contributed by atoms with Gasteiger partial charge >= 0.3 is 0 Å². The first-order chi connectivity index (χ1) is 8.33. The fraction of sp³-hybridized carbons (Fsp3) is 0.357. The van der Waals surface area contributed by atoms with E-state index >= 15 is 0 Å². The van der Waals surface area contributed by atoms with E-state index in [1.54, 1.807) is 0 Å². The van der Waals surface area contributed by atoms with Crippen molar-refractivity contribution in [2.75, 3.05) is 6.54 Å². The van der Waals surface area contributed by atoms with Gasteiger partial charge in [-0.3, -0.25) is 4.68 Å². The Labute approximate surface area is 101 Å². The highest BCUT2D eigenvalue weighted by Gasteiger charge is 2.19. The van der Waals surface area contributed by atoms with Gasteiger partial charge in [-0.15, -0.1) is 0 Å². The molecule has 0 saturated carbocycles. The zero-order chi connectivity index (χ0) is 11.7. The molecule has 0 saturated heterocycles. The highest BCUT2D eigenvalue weighted by atomic mass is 15.2. The molecule has 3 heteroatoms. The number of hydrogen-bond acceptors (Lipinski definition) is 2. The van der Waals surface area contributed by atoms with Crippen LogP contribution in [0.15, 0.2) is 36.7 Å². The molecule has 0 aliphatic carbocycles. The third-order valence-electron chi connectivity index (χ3n) is 3.41. The minimum absolute atomic E-state index is 0.434. The largest absolute Gasteiger partial charge is 0.309 e. The second-order valence-corrected chi connectivity index (χ2v) is 4.68. The lowest BCUT2D eigenvalue weighted by molar-refractivity contribution is 0.502. The number of aromatic nitrogens is 2. The van der Waals surface area contributed by atoms with Crippen LogP contribution in [0.3, 0.4) is 0 Å². The summed E-state index contributed by atoms with van der Waals surface area (Å²) in [6.07, 6.45) is 6.21. The molecular weight excluding hydrogens is 210 g/mol. The zero-order valence-corrected chi connectivity index (χ0v) is 10.1. The van der Waals surface area contributed by atoms with Gasteiger partial charge in [-0.2, -0.15) is 5.10 Å². The molecule has 1 atom stereocenters. The second-order valence-electron chi connectivity index (χ2n) is 4.68. The Kier molecular flexibility index (Phi) is 2.69. The molecule has 1 aromatic heterocycles. The van der Waals surface area contributed by atoms with Crippen LogP contribution < -0.4 is 5.32 Å². The summed E-state index contributed by atoms with van der Waals surface area (Å²) < 4.78 is 1.87. The Balaban J connectivity index is 1.85. The first-order valence-electron chi connectivity index (χ1n) is 6.11. The first-order valence-corrected chi connectivity index (χ1v) is 6.11. The van der Waals surface area contributed by atoms with Crippen molar-refractivity contribution in [1.29, 1.82) is 0 Å². The van der Waals surface area contributed by atoms with E-state index in [0.717, 1.165) is 19.4 Å². The van der Waals surface area contributed by atoms with Crippen molar-refractivity contribution in [3.8, 4) is 0 Å². The SMILES string of the molecule is Cn1cc(CC2NCCc3ccccc32)cn1. The number of fused-ring (bicyclic) bond motifs is 1. The summed E-state index contributed by atoms with van der Waals surface area (Å²) in [5.74, 6) is 0. The Bertz CT molecular complexity index is 516. The highest BCUT2D eigenvalue weighted by molar-refractivity contribution is 5.33. The Morgan fingerprint density at radius 3 is 3.12 bits per heavy atom. The van der Waals surface area contributed by atoms with E-state index in [1.807, 2.05) is 17.9 Å². The van der Waals surface area contributed by atoms with Gasteiger partial charge in [0.1, 0.15) is 0 Å². The van der Waals surface area contributed by atoms with Crippen LogP contribution in [0.25, 0.3) is 0 Å². The van der Waals surface area contributed by atoms with Gasteiger partial charge in [0.15, 0.2) is 0 Å². The van der Waals surface area contributed by atoms with Crippen molar-refractivity contribution < 1.29 is 0 Å². The highest BCUT2D eigenvalue weighted by Crippen LogP contribution is 2.25. The molecule has 88 valence electrons. The fourth-order valence-corrected chi connectivity index (χ4v) is 2.59. The number of nitrogens with zero attached hydrogens (tertiary/aromatic N) is 2. The Morgan fingerprint density at radius 2 is 2.29 bits per heavy atom. The van der Waals surface area contributed by atoms with Gasteiger partial charge in [-0.05, 0) is 36.1 Å². The minimum atomic E-state index is 0.434. The number of rotatable bonds is 2. The van der Waals surface area contributed by atoms with Gasteiger partial charge in [0.05, 0.1) is 6.20 Å². The van der Waals surface area contributed by atoms with E-state index in [2.05, 4.69) is 40.9 Å². The summed E-state index contributed by atoms with van der Waals surface area (Å²) in [6, 6.07) is 9.17. The van der Waals surface area contributed by atoms with Crippen LogP contribution >= 0.6 is 0 Å². The van der Waals surface area contributed by atoms with Crippen LogP contribution in [-0.2, 0) is 19.9 Å². The summed E-state index contributed by atoms with van der Waals surface area (Å²) in [5.41, 5.74) is 4.23. The van der Waals surface area contributed by atoms with Crippen LogP contribution in [-0.4, -0.2) is 16.3 Å². The van der Waals surface area contributed by atoms with E-state index < -0.39 is 0 Å². The Hall–Kier alpha value is -1.61. The van der Waals surface area contributed by atoms with Gasteiger partial charge in [0, 0.05) is 19.3 Å². The van der Waals surface area contributed by atoms with E-state index in [9.17, 15) is 0 Å². The number of benzene rings is 1. The minimum Gasteiger partial charge on any atom is -0.309 e. The molecule has 3 rings (SSSR count). The van der Waals surface area contributed by atoms with Gasteiger partial charge in [-0.1, -0.05) is 24.3 Å². The third kappa shape index (κ3) is 2.11. The summed E-state index contributed by atoms with van der Waals surface area (Å²) >= 11 is 0. The molecule has 0 spiro atoms. The molecule has 1 aliphatic heterocycles. The summed E-state index contributed by atoms with van der Waals surface area (Å²) in [4.78, 5) is 0. The molecule has 1 N–H and O–H groups in total. The molecule has 1 unspecified atom stereocenters. The molecular formula is C14H17N3.